The van der Waals surface area contributed by atoms with Crippen LogP contribution < -0.4 is 5.32 Å². The highest BCUT2D eigenvalue weighted by Crippen LogP contribution is 2.21. The van der Waals surface area contributed by atoms with Gasteiger partial charge in [-0.3, -0.25) is 4.79 Å². The first kappa shape index (κ1) is 17.3. The Labute approximate surface area is 138 Å². The average molecular weight is 313 g/mol. The van der Waals surface area contributed by atoms with E-state index in [0.717, 1.165) is 35.5 Å². The monoisotopic (exact) mass is 313 g/mol. The molecule has 0 saturated carbocycles. The van der Waals surface area contributed by atoms with E-state index in [-0.39, 0.29) is 5.91 Å². The highest BCUT2D eigenvalue weighted by molar-refractivity contribution is 5.96. The smallest absolute Gasteiger partial charge is 0.255 e. The largest absolute Gasteiger partial charge is 0.352 e. The van der Waals surface area contributed by atoms with Gasteiger partial charge in [-0.05, 0) is 37.8 Å². The van der Waals surface area contributed by atoms with Crippen molar-refractivity contribution in [3.8, 4) is 5.69 Å². The van der Waals surface area contributed by atoms with E-state index in [9.17, 15) is 4.79 Å². The maximum Gasteiger partial charge on any atom is 0.255 e. The lowest BCUT2D eigenvalue weighted by Crippen LogP contribution is -2.28. The summed E-state index contributed by atoms with van der Waals surface area (Å²) in [5.74, 6) is 0.423. The molecule has 0 aliphatic heterocycles. The summed E-state index contributed by atoms with van der Waals surface area (Å²) in [6.07, 6.45) is 1.52. The van der Waals surface area contributed by atoms with Gasteiger partial charge >= 0.3 is 0 Å². The predicted octanol–water partition coefficient (Wildman–Crippen LogP) is 3.69. The fourth-order valence-corrected chi connectivity index (χ4v) is 2.62. The van der Waals surface area contributed by atoms with Gasteiger partial charge in [-0.15, -0.1) is 0 Å². The summed E-state index contributed by atoms with van der Waals surface area (Å²) in [5, 5.41) is 7.73. The van der Waals surface area contributed by atoms with Crippen LogP contribution in [-0.2, 0) is 12.8 Å². The van der Waals surface area contributed by atoms with Crippen molar-refractivity contribution in [1.82, 2.24) is 15.1 Å². The number of carbonyl (C=O) groups excluding carboxylic acids is 1. The van der Waals surface area contributed by atoms with Gasteiger partial charge in [-0.2, -0.15) is 5.10 Å². The van der Waals surface area contributed by atoms with Gasteiger partial charge in [-0.25, -0.2) is 4.68 Å². The highest BCUT2D eigenvalue weighted by atomic mass is 16.1. The van der Waals surface area contributed by atoms with Crippen LogP contribution in [0.15, 0.2) is 24.3 Å². The normalized spacial score (nSPS) is 11.0. The van der Waals surface area contributed by atoms with Crippen LogP contribution in [0.4, 0.5) is 0 Å². The van der Waals surface area contributed by atoms with E-state index in [2.05, 4.69) is 57.3 Å². The molecule has 1 amide bonds. The van der Waals surface area contributed by atoms with Crippen LogP contribution in [0.1, 0.15) is 55.0 Å². The average Bonchev–Trinajstić information content (AvgIpc) is 2.91. The highest BCUT2D eigenvalue weighted by Gasteiger charge is 2.22. The van der Waals surface area contributed by atoms with Crippen LogP contribution in [0.5, 0.6) is 0 Å². The number of hydrogen-bond donors (Lipinski definition) is 1. The second-order valence-corrected chi connectivity index (χ2v) is 6.33. The van der Waals surface area contributed by atoms with E-state index < -0.39 is 0 Å². The molecular formula is C19H27N3O. The maximum absolute atomic E-state index is 12.6. The molecular weight excluding hydrogens is 286 g/mol. The number of amides is 1. The number of benzene rings is 1. The Kier molecular flexibility index (Phi) is 5.59. The van der Waals surface area contributed by atoms with E-state index in [0.29, 0.717) is 12.5 Å². The van der Waals surface area contributed by atoms with Crippen molar-refractivity contribution in [3.05, 3.63) is 46.8 Å². The molecule has 0 atom stereocenters. The van der Waals surface area contributed by atoms with Gasteiger partial charge in [0, 0.05) is 6.54 Å². The summed E-state index contributed by atoms with van der Waals surface area (Å²) in [6, 6.07) is 8.24. The zero-order valence-corrected chi connectivity index (χ0v) is 14.8. The van der Waals surface area contributed by atoms with Crippen LogP contribution >= 0.6 is 0 Å². The molecule has 0 aliphatic carbocycles. The first-order valence-electron chi connectivity index (χ1n) is 8.43. The number of nitrogens with zero attached hydrogens (tertiary/aromatic N) is 2. The number of aryl methyl sites for hydroxylation is 2. The molecule has 0 bridgehead atoms. The molecule has 0 fully saturated rings. The van der Waals surface area contributed by atoms with Gasteiger partial charge in [-0.1, -0.05) is 45.4 Å². The Morgan fingerprint density at radius 1 is 1.17 bits per heavy atom. The summed E-state index contributed by atoms with van der Waals surface area (Å²) in [6.45, 7) is 11.0. The number of rotatable bonds is 6. The molecule has 1 heterocycles. The van der Waals surface area contributed by atoms with E-state index in [1.165, 1.54) is 5.56 Å². The zero-order chi connectivity index (χ0) is 17.0. The minimum atomic E-state index is -0.00855. The predicted molar refractivity (Wildman–Crippen MR) is 94.2 cm³/mol. The minimum Gasteiger partial charge on any atom is -0.352 e. The van der Waals surface area contributed by atoms with Crippen molar-refractivity contribution in [2.24, 2.45) is 5.92 Å². The summed E-state index contributed by atoms with van der Waals surface area (Å²) in [5.41, 5.74) is 4.81. The summed E-state index contributed by atoms with van der Waals surface area (Å²) < 4.78 is 1.92. The lowest BCUT2D eigenvalue weighted by molar-refractivity contribution is 0.0947. The van der Waals surface area contributed by atoms with E-state index in [1.54, 1.807) is 0 Å². The number of hydrogen-bond acceptors (Lipinski definition) is 2. The molecule has 124 valence electrons. The topological polar surface area (TPSA) is 46.9 Å². The molecule has 0 unspecified atom stereocenters. The quantitative estimate of drug-likeness (QED) is 0.884. The summed E-state index contributed by atoms with van der Waals surface area (Å²) >= 11 is 0. The third kappa shape index (κ3) is 3.81. The maximum atomic E-state index is 12.6. The molecule has 0 spiro atoms. The standard InChI is InChI=1S/C19H27N3O/c1-6-16-18(19(23)20-12-13(3)4)17(7-2)22(21-16)15-10-8-14(5)9-11-15/h8-11,13H,6-7,12H2,1-5H3,(H,20,23). The van der Waals surface area contributed by atoms with Crippen LogP contribution in [-0.4, -0.2) is 22.2 Å². The number of aromatic nitrogens is 2. The fraction of sp³-hybridized carbons (Fsp3) is 0.474. The molecule has 0 aliphatic rings. The minimum absolute atomic E-state index is 0.00855. The molecule has 0 radical (unpaired) electrons. The molecule has 1 aromatic heterocycles. The van der Waals surface area contributed by atoms with Crippen molar-refractivity contribution >= 4 is 5.91 Å². The Hall–Kier alpha value is -2.10. The van der Waals surface area contributed by atoms with Crippen molar-refractivity contribution in [2.75, 3.05) is 6.54 Å². The van der Waals surface area contributed by atoms with E-state index >= 15 is 0 Å². The first-order valence-corrected chi connectivity index (χ1v) is 8.43. The van der Waals surface area contributed by atoms with Crippen molar-refractivity contribution < 1.29 is 4.79 Å². The van der Waals surface area contributed by atoms with Gasteiger partial charge in [0.15, 0.2) is 0 Å². The third-order valence-electron chi connectivity index (χ3n) is 3.90. The lowest BCUT2D eigenvalue weighted by atomic mass is 10.1. The summed E-state index contributed by atoms with van der Waals surface area (Å²) in [4.78, 5) is 12.6. The van der Waals surface area contributed by atoms with Crippen LogP contribution in [0, 0.1) is 12.8 Å². The SMILES string of the molecule is CCc1nn(-c2ccc(C)cc2)c(CC)c1C(=O)NCC(C)C. The van der Waals surface area contributed by atoms with Crippen molar-refractivity contribution in [1.29, 1.82) is 0 Å². The molecule has 4 heteroatoms. The third-order valence-corrected chi connectivity index (χ3v) is 3.90. The Balaban J connectivity index is 2.46. The lowest BCUT2D eigenvalue weighted by Gasteiger charge is -2.10. The molecule has 1 aromatic carbocycles. The Morgan fingerprint density at radius 2 is 1.83 bits per heavy atom. The van der Waals surface area contributed by atoms with Gasteiger partial charge in [0.2, 0.25) is 0 Å². The van der Waals surface area contributed by atoms with Crippen molar-refractivity contribution in [2.45, 2.75) is 47.5 Å². The number of nitrogens with one attached hydrogen (secondary N) is 1. The van der Waals surface area contributed by atoms with Crippen LogP contribution in [0.25, 0.3) is 5.69 Å². The first-order chi connectivity index (χ1) is 11.0. The van der Waals surface area contributed by atoms with Gasteiger partial charge in [0.25, 0.3) is 5.91 Å². The second kappa shape index (κ2) is 7.44. The van der Waals surface area contributed by atoms with Crippen LogP contribution in [0.2, 0.25) is 0 Å². The Bertz CT molecular complexity index is 669. The van der Waals surface area contributed by atoms with Crippen molar-refractivity contribution in [3.63, 3.8) is 0 Å². The molecule has 0 saturated heterocycles. The summed E-state index contributed by atoms with van der Waals surface area (Å²) in [7, 11) is 0. The van der Waals surface area contributed by atoms with Gasteiger partial charge in [0.1, 0.15) is 0 Å². The van der Waals surface area contributed by atoms with E-state index in [1.807, 2.05) is 11.6 Å². The second-order valence-electron chi connectivity index (χ2n) is 6.33. The van der Waals surface area contributed by atoms with Crippen LogP contribution in [0.3, 0.4) is 0 Å². The molecule has 4 nitrogen and oxygen atoms in total. The Morgan fingerprint density at radius 3 is 2.35 bits per heavy atom. The molecule has 23 heavy (non-hydrogen) atoms. The van der Waals surface area contributed by atoms with Gasteiger partial charge < -0.3 is 5.32 Å². The zero-order valence-electron chi connectivity index (χ0n) is 14.8. The fourth-order valence-electron chi connectivity index (χ4n) is 2.62. The number of carbonyl (C=O) groups is 1. The molecule has 1 N–H and O–H groups in total. The molecule has 2 aromatic rings. The van der Waals surface area contributed by atoms with Gasteiger partial charge in [0.05, 0.1) is 22.6 Å². The molecule has 2 rings (SSSR count). The van der Waals surface area contributed by atoms with E-state index in [4.69, 9.17) is 5.10 Å².